The fourth-order valence-electron chi connectivity index (χ4n) is 1.77. The number of hydrogen-bond acceptors (Lipinski definition) is 4. The molecule has 0 fully saturated rings. The van der Waals surface area contributed by atoms with Crippen molar-refractivity contribution in [3.05, 3.63) is 27.4 Å². The molecule has 17 heavy (non-hydrogen) atoms. The van der Waals surface area contributed by atoms with Crippen LogP contribution in [0, 0.1) is 10.1 Å². The molecule has 2 aromatic heterocycles. The highest BCUT2D eigenvalue weighted by Crippen LogP contribution is 2.26. The molecular weight excluding hydrogens is 306 g/mol. The Morgan fingerprint density at radius 2 is 2.47 bits per heavy atom. The Kier molecular flexibility index (Phi) is 3.78. The number of fused-ring (bicyclic) bond motifs is 1. The lowest BCUT2D eigenvalue weighted by Crippen LogP contribution is -2.05. The van der Waals surface area contributed by atoms with E-state index in [-0.39, 0.29) is 15.6 Å². The zero-order valence-electron chi connectivity index (χ0n) is 9.30. The van der Waals surface area contributed by atoms with Crippen LogP contribution in [-0.4, -0.2) is 19.1 Å². The van der Waals surface area contributed by atoms with Gasteiger partial charge in [0.15, 0.2) is 0 Å². The van der Waals surface area contributed by atoms with E-state index in [9.17, 15) is 10.1 Å². The first-order chi connectivity index (χ1) is 8.13. The van der Waals surface area contributed by atoms with Crippen LogP contribution in [0.5, 0.6) is 0 Å². The molecule has 5 nitrogen and oxygen atoms in total. The lowest BCUT2D eigenvalue weighted by Gasteiger charge is -2.05. The van der Waals surface area contributed by atoms with Gasteiger partial charge in [0.05, 0.1) is 0 Å². The molecule has 0 saturated carbocycles. The summed E-state index contributed by atoms with van der Waals surface area (Å²) in [5.41, 5.74) is 0.567. The molecule has 0 amide bonds. The largest absolute Gasteiger partial charge is 0.358 e. The van der Waals surface area contributed by atoms with E-state index in [1.54, 1.807) is 16.0 Å². The van der Waals surface area contributed by atoms with Gasteiger partial charge in [0.1, 0.15) is 11.9 Å². The van der Waals surface area contributed by atoms with Crippen LogP contribution in [0.3, 0.4) is 0 Å². The van der Waals surface area contributed by atoms with Crippen LogP contribution < -0.4 is 0 Å². The summed E-state index contributed by atoms with van der Waals surface area (Å²) in [6.45, 7) is 2.09. The average Bonchev–Trinajstić information content (AvgIpc) is 2.76. The van der Waals surface area contributed by atoms with Gasteiger partial charge in [-0.1, -0.05) is 40.6 Å². The summed E-state index contributed by atoms with van der Waals surface area (Å²) in [4.78, 5) is 16.0. The Morgan fingerprint density at radius 3 is 3.12 bits per heavy atom. The molecule has 0 N–H and O–H groups in total. The average molecular weight is 318 g/mol. The van der Waals surface area contributed by atoms with Crippen molar-refractivity contribution >= 4 is 38.0 Å². The second kappa shape index (κ2) is 5.14. The summed E-state index contributed by atoms with van der Waals surface area (Å²) in [5.74, 6) is 0.0989. The van der Waals surface area contributed by atoms with Crippen molar-refractivity contribution < 1.29 is 4.92 Å². The summed E-state index contributed by atoms with van der Waals surface area (Å²) >= 11 is 4.95. The molecule has 0 saturated heterocycles. The van der Waals surface area contributed by atoms with E-state index in [1.807, 2.05) is 0 Å². The minimum absolute atomic E-state index is 0.0989. The van der Waals surface area contributed by atoms with Crippen molar-refractivity contribution in [1.29, 1.82) is 0 Å². The fraction of sp³-hybridized carbons (Fsp3) is 0.500. The Labute approximate surface area is 111 Å². The highest BCUT2D eigenvalue weighted by Gasteiger charge is 2.24. The van der Waals surface area contributed by atoms with E-state index in [0.717, 1.165) is 12.8 Å². The molecule has 92 valence electrons. The number of rotatable bonds is 5. The number of nitro groups is 1. The Bertz CT molecular complexity index is 537. The first kappa shape index (κ1) is 12.5. The summed E-state index contributed by atoms with van der Waals surface area (Å²) in [6.07, 6.45) is 4.32. The van der Waals surface area contributed by atoms with E-state index >= 15 is 0 Å². The van der Waals surface area contributed by atoms with Gasteiger partial charge < -0.3 is 10.1 Å². The number of aromatic nitrogens is 2. The highest BCUT2D eigenvalue weighted by molar-refractivity contribution is 9.09. The van der Waals surface area contributed by atoms with Gasteiger partial charge in [-0.25, -0.2) is 0 Å². The van der Waals surface area contributed by atoms with Gasteiger partial charge >= 0.3 is 5.82 Å². The molecular formula is C10H12BrN3O2S. The quantitative estimate of drug-likeness (QED) is 0.482. The van der Waals surface area contributed by atoms with Crippen LogP contribution in [0.1, 0.15) is 25.5 Å². The molecule has 2 aromatic rings. The van der Waals surface area contributed by atoms with Crippen LogP contribution in [-0.2, 0) is 6.42 Å². The number of thiazole rings is 1. The predicted molar refractivity (Wildman–Crippen MR) is 71.1 cm³/mol. The first-order valence-corrected chi connectivity index (χ1v) is 7.16. The monoisotopic (exact) mass is 317 g/mol. The van der Waals surface area contributed by atoms with Crippen molar-refractivity contribution in [2.45, 2.75) is 31.0 Å². The van der Waals surface area contributed by atoms with Crippen molar-refractivity contribution in [1.82, 2.24) is 9.38 Å². The van der Waals surface area contributed by atoms with E-state index in [1.165, 1.54) is 11.3 Å². The van der Waals surface area contributed by atoms with E-state index in [0.29, 0.717) is 17.1 Å². The normalized spacial score (nSPS) is 13.1. The van der Waals surface area contributed by atoms with Gasteiger partial charge in [0.2, 0.25) is 0 Å². The molecule has 0 bridgehead atoms. The second-order valence-electron chi connectivity index (χ2n) is 3.78. The van der Waals surface area contributed by atoms with E-state index in [2.05, 4.69) is 27.8 Å². The number of hydrogen-bond donors (Lipinski definition) is 0. The topological polar surface area (TPSA) is 60.4 Å². The standard InChI is InChI=1S/C10H12BrN3O2S/c1-2-3-7(11)6-8-9(14(15)16)13-4-5-17-10(13)12-8/h4-5,7H,2-3,6H2,1H3. The molecule has 0 aromatic carbocycles. The maximum atomic E-state index is 11.1. The number of alkyl halides is 1. The van der Waals surface area contributed by atoms with Crippen LogP contribution in [0.2, 0.25) is 0 Å². The lowest BCUT2D eigenvalue weighted by atomic mass is 10.1. The van der Waals surface area contributed by atoms with E-state index in [4.69, 9.17) is 0 Å². The third-order valence-corrected chi connectivity index (χ3v) is 4.03. The van der Waals surface area contributed by atoms with Gasteiger partial charge in [-0.15, -0.1) is 0 Å². The Morgan fingerprint density at radius 1 is 1.71 bits per heavy atom. The highest BCUT2D eigenvalue weighted by atomic mass is 79.9. The molecule has 7 heteroatoms. The van der Waals surface area contributed by atoms with Gasteiger partial charge in [-0.3, -0.25) is 0 Å². The Balaban J connectivity index is 2.35. The predicted octanol–water partition coefficient (Wildman–Crippen LogP) is 3.41. The molecule has 1 unspecified atom stereocenters. The zero-order valence-corrected chi connectivity index (χ0v) is 11.7. The molecule has 0 aliphatic carbocycles. The van der Waals surface area contributed by atoms with Gasteiger partial charge in [0.25, 0.3) is 4.96 Å². The third kappa shape index (κ3) is 2.50. The maximum absolute atomic E-state index is 11.1. The van der Waals surface area contributed by atoms with Crippen LogP contribution in [0.4, 0.5) is 5.82 Å². The van der Waals surface area contributed by atoms with Gasteiger partial charge in [-0.05, 0) is 11.3 Å². The van der Waals surface area contributed by atoms with Gasteiger partial charge in [0, 0.05) is 16.6 Å². The molecule has 2 rings (SSSR count). The van der Waals surface area contributed by atoms with Crippen LogP contribution in [0.15, 0.2) is 11.6 Å². The first-order valence-electron chi connectivity index (χ1n) is 5.36. The van der Waals surface area contributed by atoms with Crippen molar-refractivity contribution in [2.24, 2.45) is 0 Å². The molecule has 1 atom stereocenters. The van der Waals surface area contributed by atoms with Crippen LogP contribution in [0.25, 0.3) is 4.96 Å². The number of halogens is 1. The zero-order chi connectivity index (χ0) is 12.4. The van der Waals surface area contributed by atoms with E-state index < -0.39 is 0 Å². The number of nitrogens with zero attached hydrogens (tertiary/aromatic N) is 3. The van der Waals surface area contributed by atoms with Gasteiger partial charge in [-0.2, -0.15) is 9.38 Å². The second-order valence-corrected chi connectivity index (χ2v) is 5.95. The minimum atomic E-state index is -0.353. The van der Waals surface area contributed by atoms with Crippen molar-refractivity contribution in [3.8, 4) is 0 Å². The minimum Gasteiger partial charge on any atom is -0.358 e. The molecule has 0 spiro atoms. The van der Waals surface area contributed by atoms with Crippen molar-refractivity contribution in [3.63, 3.8) is 0 Å². The molecule has 0 aliphatic heterocycles. The molecule has 0 radical (unpaired) electrons. The Hall–Kier alpha value is -0.950. The lowest BCUT2D eigenvalue weighted by molar-refractivity contribution is -0.391. The van der Waals surface area contributed by atoms with Crippen LogP contribution >= 0.6 is 27.3 Å². The smallest absolute Gasteiger partial charge is 0.351 e. The summed E-state index contributed by atoms with van der Waals surface area (Å²) in [7, 11) is 0. The molecule has 0 aliphatic rings. The summed E-state index contributed by atoms with van der Waals surface area (Å²) in [5, 5.41) is 12.9. The summed E-state index contributed by atoms with van der Waals surface area (Å²) < 4.78 is 1.55. The molecule has 2 heterocycles. The summed E-state index contributed by atoms with van der Waals surface area (Å²) in [6, 6.07) is 0. The number of imidazole rings is 1. The fourth-order valence-corrected chi connectivity index (χ4v) is 3.27. The van der Waals surface area contributed by atoms with Crippen molar-refractivity contribution in [2.75, 3.05) is 0 Å². The third-order valence-electron chi connectivity index (χ3n) is 2.50. The maximum Gasteiger partial charge on any atom is 0.351 e. The SMILES string of the molecule is CCCC(Br)Cc1nc2sccn2c1[N+](=O)[O-].